The van der Waals surface area contributed by atoms with Crippen molar-refractivity contribution in [2.24, 2.45) is 0 Å². The first-order valence-electron chi connectivity index (χ1n) is 8.70. The van der Waals surface area contributed by atoms with Gasteiger partial charge in [-0.25, -0.2) is 9.78 Å². The van der Waals surface area contributed by atoms with Crippen molar-refractivity contribution >= 4 is 22.8 Å². The summed E-state index contributed by atoms with van der Waals surface area (Å²) in [7, 11) is 1.61. The minimum Gasteiger partial charge on any atom is -0.382 e. The fraction of sp³-hybridized carbons (Fsp3) is 0.316. The summed E-state index contributed by atoms with van der Waals surface area (Å²) in [6.45, 7) is 0.384. The third kappa shape index (κ3) is 3.52. The Labute approximate surface area is 151 Å². The van der Waals surface area contributed by atoms with E-state index >= 15 is 0 Å². The number of urea groups is 1. The second kappa shape index (κ2) is 7.13. The van der Waals surface area contributed by atoms with E-state index in [0.29, 0.717) is 18.3 Å². The molecule has 134 valence electrons. The van der Waals surface area contributed by atoms with Crippen molar-refractivity contribution in [3.8, 4) is 0 Å². The van der Waals surface area contributed by atoms with Gasteiger partial charge >= 0.3 is 6.03 Å². The molecule has 1 aromatic carbocycles. The van der Waals surface area contributed by atoms with Crippen LogP contribution in [0.25, 0.3) is 10.9 Å². The Morgan fingerprint density at radius 3 is 2.88 bits per heavy atom. The molecule has 3 aromatic rings. The number of hydrogen-bond donors (Lipinski definition) is 3. The van der Waals surface area contributed by atoms with Gasteiger partial charge in [-0.2, -0.15) is 5.10 Å². The molecule has 1 atom stereocenters. The Morgan fingerprint density at radius 2 is 2.15 bits per heavy atom. The number of ether oxygens (including phenoxy) is 1. The third-order valence-corrected chi connectivity index (χ3v) is 4.52. The highest BCUT2D eigenvalue weighted by atomic mass is 16.5. The highest BCUT2D eigenvalue weighted by Gasteiger charge is 2.28. The van der Waals surface area contributed by atoms with Crippen molar-refractivity contribution < 1.29 is 9.53 Å². The molecule has 0 unspecified atom stereocenters. The number of aromatic nitrogens is 3. The fourth-order valence-corrected chi connectivity index (χ4v) is 3.05. The Kier molecular flexibility index (Phi) is 4.53. The number of hydrogen-bond acceptors (Lipinski definition) is 4. The molecule has 2 heterocycles. The normalized spacial score (nSPS) is 15.0. The van der Waals surface area contributed by atoms with Crippen LogP contribution in [-0.2, 0) is 4.74 Å². The number of carbonyl (C=O) groups is 1. The summed E-state index contributed by atoms with van der Waals surface area (Å²) in [5, 5.41) is 14.1. The van der Waals surface area contributed by atoms with Gasteiger partial charge in [0.1, 0.15) is 5.82 Å². The minimum atomic E-state index is -0.329. The van der Waals surface area contributed by atoms with Crippen molar-refractivity contribution in [3.05, 3.63) is 53.9 Å². The summed E-state index contributed by atoms with van der Waals surface area (Å²) in [6, 6.07) is 11.0. The molecule has 1 fully saturated rings. The Hall–Kier alpha value is -2.93. The first-order valence-corrected chi connectivity index (χ1v) is 8.70. The van der Waals surface area contributed by atoms with Gasteiger partial charge in [0.2, 0.25) is 0 Å². The van der Waals surface area contributed by atoms with Gasteiger partial charge in [-0.15, -0.1) is 0 Å². The zero-order valence-corrected chi connectivity index (χ0v) is 14.5. The van der Waals surface area contributed by atoms with Crippen molar-refractivity contribution in [1.29, 1.82) is 0 Å². The molecule has 7 nitrogen and oxygen atoms in total. The zero-order valence-electron chi connectivity index (χ0n) is 14.5. The fourth-order valence-electron chi connectivity index (χ4n) is 3.05. The molecule has 3 N–H and O–H groups in total. The van der Waals surface area contributed by atoms with Crippen molar-refractivity contribution in [3.63, 3.8) is 0 Å². The summed E-state index contributed by atoms with van der Waals surface area (Å²) in [5.74, 6) is 1.03. The number of nitrogens with one attached hydrogen (secondary N) is 3. The van der Waals surface area contributed by atoms with Crippen LogP contribution < -0.4 is 10.6 Å². The molecule has 2 aromatic heterocycles. The van der Waals surface area contributed by atoms with Gasteiger partial charge in [-0.3, -0.25) is 10.4 Å². The standard InChI is InChI=1S/C19H21N5O2/c1-26-11-16(12-5-3-2-4-6-12)21-19(25)22-17-9-15-14(10-20-17)18(24-23-15)13-7-8-13/h2-6,9-10,13,16H,7-8,11H2,1H3,(H,23,24)(H2,20,21,22,25)/t16-/m1/s1. The number of aromatic amines is 1. The molecular weight excluding hydrogens is 330 g/mol. The average molecular weight is 351 g/mol. The van der Waals surface area contributed by atoms with E-state index < -0.39 is 0 Å². The molecule has 2 amide bonds. The van der Waals surface area contributed by atoms with E-state index in [4.69, 9.17) is 4.74 Å². The van der Waals surface area contributed by atoms with Gasteiger partial charge in [-0.05, 0) is 18.4 Å². The second-order valence-electron chi connectivity index (χ2n) is 6.52. The molecular formula is C19H21N5O2. The smallest absolute Gasteiger partial charge is 0.320 e. The third-order valence-electron chi connectivity index (χ3n) is 4.52. The SMILES string of the molecule is COC[C@@H](NC(=O)Nc1cc2[nH]nc(C3CC3)c2cn1)c1ccccc1. The molecule has 0 radical (unpaired) electrons. The maximum Gasteiger partial charge on any atom is 0.320 e. The lowest BCUT2D eigenvalue weighted by atomic mass is 10.1. The van der Waals surface area contributed by atoms with Crippen LogP contribution in [0.3, 0.4) is 0 Å². The molecule has 1 aliphatic carbocycles. The quantitative estimate of drug-likeness (QED) is 0.635. The number of fused-ring (bicyclic) bond motifs is 1. The number of nitrogens with zero attached hydrogens (tertiary/aromatic N) is 2. The van der Waals surface area contributed by atoms with E-state index in [1.807, 2.05) is 36.4 Å². The summed E-state index contributed by atoms with van der Waals surface area (Å²) in [5.41, 5.74) is 2.94. The predicted octanol–water partition coefficient (Wildman–Crippen LogP) is 3.34. The largest absolute Gasteiger partial charge is 0.382 e. The molecule has 26 heavy (non-hydrogen) atoms. The van der Waals surface area contributed by atoms with Crippen LogP contribution in [0, 0.1) is 0 Å². The van der Waals surface area contributed by atoms with E-state index in [1.165, 1.54) is 12.8 Å². The Bertz CT molecular complexity index is 905. The maximum absolute atomic E-state index is 12.4. The number of methoxy groups -OCH3 is 1. The van der Waals surface area contributed by atoms with E-state index in [1.54, 1.807) is 13.3 Å². The van der Waals surface area contributed by atoms with Crippen molar-refractivity contribution in [2.75, 3.05) is 19.0 Å². The van der Waals surface area contributed by atoms with Gasteiger partial charge in [0.05, 0.1) is 23.9 Å². The monoisotopic (exact) mass is 351 g/mol. The van der Waals surface area contributed by atoms with Crippen LogP contribution in [-0.4, -0.2) is 34.9 Å². The molecule has 7 heteroatoms. The van der Waals surface area contributed by atoms with Gasteiger partial charge in [0.15, 0.2) is 0 Å². The minimum absolute atomic E-state index is 0.237. The number of rotatable bonds is 6. The first kappa shape index (κ1) is 16.5. The Morgan fingerprint density at radius 1 is 1.35 bits per heavy atom. The highest BCUT2D eigenvalue weighted by molar-refractivity contribution is 5.91. The Balaban J connectivity index is 1.45. The van der Waals surface area contributed by atoms with Gasteiger partial charge in [0, 0.05) is 30.7 Å². The summed E-state index contributed by atoms with van der Waals surface area (Å²) in [4.78, 5) is 16.7. The lowest BCUT2D eigenvalue weighted by Crippen LogP contribution is -2.35. The first-order chi connectivity index (χ1) is 12.7. The van der Waals surface area contributed by atoms with Crippen molar-refractivity contribution in [1.82, 2.24) is 20.5 Å². The predicted molar refractivity (Wildman–Crippen MR) is 99.1 cm³/mol. The van der Waals surface area contributed by atoms with Gasteiger partial charge in [-0.1, -0.05) is 30.3 Å². The van der Waals surface area contributed by atoms with Crippen molar-refractivity contribution in [2.45, 2.75) is 24.8 Å². The molecule has 0 spiro atoms. The molecule has 0 aliphatic heterocycles. The second-order valence-corrected chi connectivity index (χ2v) is 6.52. The lowest BCUT2D eigenvalue weighted by molar-refractivity contribution is 0.168. The van der Waals surface area contributed by atoms with E-state index in [-0.39, 0.29) is 12.1 Å². The molecule has 0 saturated heterocycles. The number of benzene rings is 1. The van der Waals surface area contributed by atoms with E-state index in [2.05, 4.69) is 25.8 Å². The summed E-state index contributed by atoms with van der Waals surface area (Å²) >= 11 is 0. The summed E-state index contributed by atoms with van der Waals surface area (Å²) in [6.07, 6.45) is 4.14. The highest BCUT2D eigenvalue weighted by Crippen LogP contribution is 2.41. The molecule has 1 saturated carbocycles. The topological polar surface area (TPSA) is 91.9 Å². The van der Waals surface area contributed by atoms with Crippen LogP contribution in [0.15, 0.2) is 42.6 Å². The summed E-state index contributed by atoms with van der Waals surface area (Å²) < 4.78 is 5.23. The number of amides is 2. The van der Waals surface area contributed by atoms with Crippen LogP contribution >= 0.6 is 0 Å². The molecule has 4 rings (SSSR count). The van der Waals surface area contributed by atoms with Crippen LogP contribution in [0.1, 0.15) is 36.1 Å². The van der Waals surface area contributed by atoms with E-state index in [9.17, 15) is 4.79 Å². The molecule has 0 bridgehead atoms. The lowest BCUT2D eigenvalue weighted by Gasteiger charge is -2.18. The number of anilines is 1. The van der Waals surface area contributed by atoms with Crippen LogP contribution in [0.4, 0.5) is 10.6 Å². The van der Waals surface area contributed by atoms with Crippen LogP contribution in [0.5, 0.6) is 0 Å². The van der Waals surface area contributed by atoms with Crippen LogP contribution in [0.2, 0.25) is 0 Å². The zero-order chi connectivity index (χ0) is 17.9. The van der Waals surface area contributed by atoms with Gasteiger partial charge < -0.3 is 10.1 Å². The maximum atomic E-state index is 12.4. The van der Waals surface area contributed by atoms with Gasteiger partial charge in [0.25, 0.3) is 0 Å². The molecule has 1 aliphatic rings. The number of pyridine rings is 1. The number of H-pyrrole nitrogens is 1. The number of carbonyl (C=O) groups excluding carboxylic acids is 1. The van der Waals surface area contributed by atoms with E-state index in [0.717, 1.165) is 22.2 Å². The average Bonchev–Trinajstić information content (AvgIpc) is 3.41.